The van der Waals surface area contributed by atoms with Gasteiger partial charge in [0.1, 0.15) is 0 Å². The molecule has 1 aromatic rings. The fourth-order valence-corrected chi connectivity index (χ4v) is 2.37. The highest BCUT2D eigenvalue weighted by Gasteiger charge is 2.28. The van der Waals surface area contributed by atoms with Crippen molar-refractivity contribution in [1.82, 2.24) is 4.72 Å². The predicted octanol–water partition coefficient (Wildman–Crippen LogP) is 0.0270. The van der Waals surface area contributed by atoms with Crippen LogP contribution in [-0.4, -0.2) is 36.7 Å². The third-order valence-electron chi connectivity index (χ3n) is 1.86. The number of carboxylic acids is 1. The molecule has 0 amide bonds. The number of aromatic carboxylic acids is 1. The topological polar surface area (TPSA) is 117 Å². The van der Waals surface area contributed by atoms with Crippen molar-refractivity contribution in [3.05, 3.63) is 17.9 Å². The van der Waals surface area contributed by atoms with Gasteiger partial charge in [-0.25, -0.2) is 17.9 Å². The Morgan fingerprint density at radius 1 is 1.47 bits per heavy atom. The summed E-state index contributed by atoms with van der Waals surface area (Å²) in [5, 5.41) is 17.0. The van der Waals surface area contributed by atoms with Crippen molar-refractivity contribution >= 4 is 16.0 Å². The van der Waals surface area contributed by atoms with Crippen LogP contribution in [0, 0.1) is 0 Å². The van der Waals surface area contributed by atoms with E-state index in [0.717, 1.165) is 12.1 Å². The first kappa shape index (κ1) is 13.7. The first-order valence-corrected chi connectivity index (χ1v) is 6.14. The number of rotatable bonds is 5. The van der Waals surface area contributed by atoms with Crippen LogP contribution in [0.3, 0.4) is 0 Å². The number of aliphatic hydroxyl groups is 1. The minimum absolute atomic E-state index is 0.404. The highest BCUT2D eigenvalue weighted by atomic mass is 32.2. The van der Waals surface area contributed by atoms with Crippen molar-refractivity contribution in [2.24, 2.45) is 0 Å². The van der Waals surface area contributed by atoms with Gasteiger partial charge in [0.15, 0.2) is 0 Å². The Balaban J connectivity index is 3.02. The molecule has 1 aromatic heterocycles. The molecular weight excluding hydrogens is 250 g/mol. The van der Waals surface area contributed by atoms with E-state index in [1.807, 2.05) is 0 Å². The van der Waals surface area contributed by atoms with Gasteiger partial charge in [-0.15, -0.1) is 0 Å². The first-order chi connectivity index (χ1) is 7.68. The van der Waals surface area contributed by atoms with Gasteiger partial charge in [0.2, 0.25) is 10.9 Å². The number of nitrogens with one attached hydrogen (secondary N) is 1. The molecule has 0 spiro atoms. The normalized spacial score (nSPS) is 12.6. The molecule has 0 aliphatic rings. The molecule has 0 fully saturated rings. The lowest BCUT2D eigenvalue weighted by Crippen LogP contribution is -2.45. The van der Waals surface area contributed by atoms with Gasteiger partial charge in [0.05, 0.1) is 12.1 Å². The van der Waals surface area contributed by atoms with E-state index in [0.29, 0.717) is 0 Å². The van der Waals surface area contributed by atoms with Crippen molar-refractivity contribution in [1.29, 1.82) is 0 Å². The maximum Gasteiger partial charge on any atom is 0.371 e. The monoisotopic (exact) mass is 263 g/mol. The second kappa shape index (κ2) is 4.47. The SMILES string of the molecule is CC(C)(CO)NS(=O)(=O)c1ccc(C(=O)O)o1. The van der Waals surface area contributed by atoms with Gasteiger partial charge in [-0.3, -0.25) is 0 Å². The van der Waals surface area contributed by atoms with Crippen LogP contribution in [0.2, 0.25) is 0 Å². The van der Waals surface area contributed by atoms with Gasteiger partial charge in [-0.2, -0.15) is 0 Å². The number of carboxylic acid groups (broad SMARTS) is 1. The van der Waals surface area contributed by atoms with Crippen molar-refractivity contribution < 1.29 is 27.8 Å². The molecule has 17 heavy (non-hydrogen) atoms. The largest absolute Gasteiger partial charge is 0.475 e. The zero-order valence-electron chi connectivity index (χ0n) is 9.30. The third-order valence-corrected chi connectivity index (χ3v) is 3.43. The summed E-state index contributed by atoms with van der Waals surface area (Å²) in [6.45, 7) is 2.55. The molecular formula is C9H13NO6S. The predicted molar refractivity (Wildman–Crippen MR) is 57.2 cm³/mol. The van der Waals surface area contributed by atoms with E-state index in [4.69, 9.17) is 10.2 Å². The molecule has 0 aliphatic heterocycles. The van der Waals surface area contributed by atoms with Crippen LogP contribution < -0.4 is 4.72 Å². The summed E-state index contributed by atoms with van der Waals surface area (Å²) in [4.78, 5) is 10.5. The Kier molecular flexibility index (Phi) is 3.60. The standard InChI is InChI=1S/C9H13NO6S/c1-9(2,5-11)10-17(14,15)7-4-3-6(16-7)8(12)13/h3-4,10-11H,5H2,1-2H3,(H,12,13). The molecule has 96 valence electrons. The summed E-state index contributed by atoms with van der Waals surface area (Å²) < 4.78 is 30.3. The highest BCUT2D eigenvalue weighted by molar-refractivity contribution is 7.89. The van der Waals surface area contributed by atoms with E-state index in [2.05, 4.69) is 9.14 Å². The Bertz CT molecular complexity index is 515. The Morgan fingerprint density at radius 2 is 2.06 bits per heavy atom. The Hall–Kier alpha value is -1.38. The molecule has 0 radical (unpaired) electrons. The summed E-state index contributed by atoms with van der Waals surface area (Å²) in [7, 11) is -3.98. The van der Waals surface area contributed by atoms with Gasteiger partial charge in [-0.05, 0) is 26.0 Å². The minimum atomic E-state index is -3.98. The number of furan rings is 1. The van der Waals surface area contributed by atoms with Crippen molar-refractivity contribution in [2.75, 3.05) is 6.61 Å². The van der Waals surface area contributed by atoms with Crippen LogP contribution >= 0.6 is 0 Å². The molecule has 0 bridgehead atoms. The van der Waals surface area contributed by atoms with Crippen molar-refractivity contribution in [3.63, 3.8) is 0 Å². The van der Waals surface area contributed by atoms with Crippen LogP contribution in [0.25, 0.3) is 0 Å². The second-order valence-corrected chi connectivity index (χ2v) is 5.68. The van der Waals surface area contributed by atoms with Crippen LogP contribution in [-0.2, 0) is 10.0 Å². The van der Waals surface area contributed by atoms with E-state index in [-0.39, 0.29) is 0 Å². The summed E-state index contributed by atoms with van der Waals surface area (Å²) in [5.41, 5.74) is -1.06. The van der Waals surface area contributed by atoms with Crippen molar-refractivity contribution in [3.8, 4) is 0 Å². The van der Waals surface area contributed by atoms with E-state index < -0.39 is 39.0 Å². The van der Waals surface area contributed by atoms with E-state index >= 15 is 0 Å². The molecule has 3 N–H and O–H groups in total. The van der Waals surface area contributed by atoms with Gasteiger partial charge >= 0.3 is 5.97 Å². The smallest absolute Gasteiger partial charge is 0.371 e. The average Bonchev–Trinajstić information content (AvgIpc) is 2.65. The van der Waals surface area contributed by atoms with Crippen molar-refractivity contribution in [2.45, 2.75) is 24.5 Å². The zero-order valence-corrected chi connectivity index (χ0v) is 10.1. The lowest BCUT2D eigenvalue weighted by Gasteiger charge is -2.22. The van der Waals surface area contributed by atoms with Gasteiger partial charge in [0, 0.05) is 0 Å². The molecule has 7 nitrogen and oxygen atoms in total. The molecule has 8 heteroatoms. The molecule has 0 aliphatic carbocycles. The quantitative estimate of drug-likeness (QED) is 0.689. The lowest BCUT2D eigenvalue weighted by molar-refractivity contribution is 0.0656. The number of carbonyl (C=O) groups is 1. The number of aliphatic hydroxyl groups excluding tert-OH is 1. The third kappa shape index (κ3) is 3.29. The molecule has 0 unspecified atom stereocenters. The van der Waals surface area contributed by atoms with Crippen LogP contribution in [0.5, 0.6) is 0 Å². The van der Waals surface area contributed by atoms with Crippen LogP contribution in [0.4, 0.5) is 0 Å². The summed E-state index contributed by atoms with van der Waals surface area (Å²) >= 11 is 0. The molecule has 1 rings (SSSR count). The fourth-order valence-electron chi connectivity index (χ4n) is 1.03. The van der Waals surface area contributed by atoms with E-state index in [1.54, 1.807) is 0 Å². The minimum Gasteiger partial charge on any atom is -0.475 e. The van der Waals surface area contributed by atoms with Gasteiger partial charge in [0.25, 0.3) is 10.0 Å². The lowest BCUT2D eigenvalue weighted by atomic mass is 10.1. The molecule has 0 saturated heterocycles. The van der Waals surface area contributed by atoms with E-state index in [9.17, 15) is 13.2 Å². The zero-order chi connectivity index (χ0) is 13.3. The fraction of sp³-hybridized carbons (Fsp3) is 0.444. The molecule has 0 saturated carbocycles. The van der Waals surface area contributed by atoms with Crippen LogP contribution in [0.1, 0.15) is 24.4 Å². The molecule has 1 heterocycles. The number of hydrogen-bond acceptors (Lipinski definition) is 5. The average molecular weight is 263 g/mol. The maximum absolute atomic E-state index is 11.7. The second-order valence-electron chi connectivity index (χ2n) is 4.07. The number of sulfonamides is 1. The summed E-state index contributed by atoms with van der Waals surface area (Å²) in [6.07, 6.45) is 0. The number of hydrogen-bond donors (Lipinski definition) is 3. The summed E-state index contributed by atoms with van der Waals surface area (Å²) in [5.74, 6) is -1.82. The molecule has 0 aromatic carbocycles. The Labute approximate surface area is 98.1 Å². The first-order valence-electron chi connectivity index (χ1n) is 4.66. The van der Waals surface area contributed by atoms with Gasteiger partial charge in [-0.1, -0.05) is 0 Å². The van der Waals surface area contributed by atoms with Gasteiger partial charge < -0.3 is 14.6 Å². The maximum atomic E-state index is 11.7. The van der Waals surface area contributed by atoms with Crippen LogP contribution in [0.15, 0.2) is 21.6 Å². The van der Waals surface area contributed by atoms with E-state index in [1.165, 1.54) is 13.8 Å². The Morgan fingerprint density at radius 3 is 2.47 bits per heavy atom. The highest BCUT2D eigenvalue weighted by Crippen LogP contribution is 2.16. The molecule has 0 atom stereocenters. The summed E-state index contributed by atoms with van der Waals surface area (Å²) in [6, 6.07) is 2.09.